The highest BCUT2D eigenvalue weighted by atomic mass is 19.4. The first-order chi connectivity index (χ1) is 7.53. The number of aliphatic hydroxyl groups excluding tert-OH is 1. The summed E-state index contributed by atoms with van der Waals surface area (Å²) in [7, 11) is 0. The van der Waals surface area contributed by atoms with Crippen LogP contribution in [0.25, 0.3) is 0 Å². The van der Waals surface area contributed by atoms with E-state index in [2.05, 4.69) is 0 Å². The summed E-state index contributed by atoms with van der Waals surface area (Å²) < 4.78 is 37.6. The molecule has 0 fully saturated rings. The zero-order chi connectivity index (χ0) is 13.4. The average Bonchev–Trinajstić information content (AvgIpc) is 2.14. The quantitative estimate of drug-likeness (QED) is 0.747. The van der Waals surface area contributed by atoms with E-state index in [0.717, 1.165) is 12.1 Å². The summed E-state index contributed by atoms with van der Waals surface area (Å²) in [5.41, 5.74) is 4.52. The lowest BCUT2D eigenvalue weighted by molar-refractivity contribution is -0.137. The summed E-state index contributed by atoms with van der Waals surface area (Å²) in [6.07, 6.45) is -5.47. The van der Waals surface area contributed by atoms with Crippen molar-refractivity contribution in [1.82, 2.24) is 0 Å². The minimum atomic E-state index is -4.43. The summed E-state index contributed by atoms with van der Waals surface area (Å²) in [5, 5.41) is 9.98. The summed E-state index contributed by atoms with van der Waals surface area (Å²) in [6.45, 7) is 5.20. The van der Waals surface area contributed by atoms with Crippen molar-refractivity contribution in [3.8, 4) is 0 Å². The fourth-order valence-electron chi connectivity index (χ4n) is 1.45. The van der Waals surface area contributed by atoms with Crippen molar-refractivity contribution in [2.75, 3.05) is 5.73 Å². The van der Waals surface area contributed by atoms with Crippen molar-refractivity contribution in [2.45, 2.75) is 33.1 Å². The highest BCUT2D eigenvalue weighted by molar-refractivity contribution is 5.50. The molecule has 0 aliphatic carbocycles. The van der Waals surface area contributed by atoms with E-state index >= 15 is 0 Å². The van der Waals surface area contributed by atoms with Gasteiger partial charge in [-0.1, -0.05) is 20.8 Å². The normalized spacial score (nSPS) is 14.8. The largest absolute Gasteiger partial charge is 0.416 e. The van der Waals surface area contributed by atoms with E-state index in [-0.39, 0.29) is 11.3 Å². The van der Waals surface area contributed by atoms with Crippen LogP contribution in [0.5, 0.6) is 0 Å². The van der Waals surface area contributed by atoms with E-state index in [4.69, 9.17) is 5.73 Å². The molecule has 0 amide bonds. The maximum absolute atomic E-state index is 12.5. The SMILES string of the molecule is CC(C)(C)C(O)c1cc(C(F)(F)F)ccc1N. The lowest BCUT2D eigenvalue weighted by Gasteiger charge is -2.27. The predicted octanol–water partition coefficient (Wildman–Crippen LogP) is 3.37. The number of anilines is 1. The van der Waals surface area contributed by atoms with Gasteiger partial charge in [0.25, 0.3) is 0 Å². The van der Waals surface area contributed by atoms with Crippen LogP contribution in [0.15, 0.2) is 18.2 Å². The molecule has 96 valence electrons. The second-order valence-corrected chi connectivity index (χ2v) is 5.11. The zero-order valence-electron chi connectivity index (χ0n) is 9.97. The van der Waals surface area contributed by atoms with Crippen LogP contribution < -0.4 is 5.73 Å². The van der Waals surface area contributed by atoms with Gasteiger partial charge in [0.2, 0.25) is 0 Å². The van der Waals surface area contributed by atoms with Gasteiger partial charge in [-0.2, -0.15) is 13.2 Å². The molecule has 0 heterocycles. The van der Waals surface area contributed by atoms with Crippen molar-refractivity contribution >= 4 is 5.69 Å². The standard InChI is InChI=1S/C12H16F3NO/c1-11(2,3)10(17)8-6-7(12(13,14)15)4-5-9(8)16/h4-6,10,17H,16H2,1-3H3. The van der Waals surface area contributed by atoms with Crippen LogP contribution in [0.4, 0.5) is 18.9 Å². The molecule has 2 nitrogen and oxygen atoms in total. The number of hydrogen-bond acceptors (Lipinski definition) is 2. The van der Waals surface area contributed by atoms with Crippen LogP contribution in [0, 0.1) is 5.41 Å². The molecular formula is C12H16F3NO. The van der Waals surface area contributed by atoms with Crippen molar-refractivity contribution in [3.63, 3.8) is 0 Å². The van der Waals surface area contributed by atoms with Crippen molar-refractivity contribution < 1.29 is 18.3 Å². The minimum Gasteiger partial charge on any atom is -0.398 e. The van der Waals surface area contributed by atoms with Crippen molar-refractivity contribution in [1.29, 1.82) is 0 Å². The Hall–Kier alpha value is -1.23. The number of nitrogens with two attached hydrogens (primary N) is 1. The lowest BCUT2D eigenvalue weighted by Crippen LogP contribution is -2.20. The zero-order valence-corrected chi connectivity index (χ0v) is 9.97. The minimum absolute atomic E-state index is 0.118. The third-order valence-corrected chi connectivity index (χ3v) is 2.53. The molecule has 5 heteroatoms. The van der Waals surface area contributed by atoms with Crippen LogP contribution in [0.2, 0.25) is 0 Å². The van der Waals surface area contributed by atoms with Crippen molar-refractivity contribution in [3.05, 3.63) is 29.3 Å². The monoisotopic (exact) mass is 247 g/mol. The van der Waals surface area contributed by atoms with Gasteiger partial charge in [0.1, 0.15) is 0 Å². The van der Waals surface area contributed by atoms with E-state index in [0.29, 0.717) is 0 Å². The van der Waals surface area contributed by atoms with Gasteiger partial charge in [0.15, 0.2) is 0 Å². The number of halogens is 3. The molecule has 0 aliphatic heterocycles. The molecule has 0 saturated heterocycles. The smallest absolute Gasteiger partial charge is 0.398 e. The third-order valence-electron chi connectivity index (χ3n) is 2.53. The van der Waals surface area contributed by atoms with Gasteiger partial charge in [-0.15, -0.1) is 0 Å². The molecule has 0 bridgehead atoms. The lowest BCUT2D eigenvalue weighted by atomic mass is 9.83. The van der Waals surface area contributed by atoms with Gasteiger partial charge >= 0.3 is 6.18 Å². The van der Waals surface area contributed by atoms with Crippen LogP contribution in [-0.2, 0) is 6.18 Å². The van der Waals surface area contributed by atoms with Gasteiger partial charge in [0.05, 0.1) is 11.7 Å². The number of rotatable bonds is 1. The van der Waals surface area contributed by atoms with Gasteiger partial charge in [-0.25, -0.2) is 0 Å². The molecule has 0 spiro atoms. The Balaban J connectivity index is 3.25. The highest BCUT2D eigenvalue weighted by Gasteiger charge is 2.33. The highest BCUT2D eigenvalue weighted by Crippen LogP contribution is 2.38. The molecule has 17 heavy (non-hydrogen) atoms. The van der Waals surface area contributed by atoms with E-state index in [1.807, 2.05) is 0 Å². The molecule has 0 aromatic heterocycles. The maximum Gasteiger partial charge on any atom is 0.416 e. The Morgan fingerprint density at radius 3 is 2.12 bits per heavy atom. The van der Waals surface area contributed by atoms with Gasteiger partial charge in [-0.3, -0.25) is 0 Å². The Labute approximate surface area is 98.3 Å². The summed E-state index contributed by atoms with van der Waals surface area (Å²) in [6, 6.07) is 2.99. The fraction of sp³-hybridized carbons (Fsp3) is 0.500. The molecule has 0 radical (unpaired) electrons. The van der Waals surface area contributed by atoms with Crippen LogP contribution in [-0.4, -0.2) is 5.11 Å². The van der Waals surface area contributed by atoms with E-state index in [1.54, 1.807) is 20.8 Å². The summed E-state index contributed by atoms with van der Waals surface area (Å²) in [5.74, 6) is 0. The molecule has 0 saturated carbocycles. The topological polar surface area (TPSA) is 46.2 Å². The van der Waals surface area contributed by atoms with E-state index < -0.39 is 23.3 Å². The Kier molecular flexibility index (Phi) is 3.43. The first kappa shape index (κ1) is 13.8. The van der Waals surface area contributed by atoms with Crippen LogP contribution in [0.3, 0.4) is 0 Å². The summed E-state index contributed by atoms with van der Waals surface area (Å²) in [4.78, 5) is 0. The van der Waals surface area contributed by atoms with Gasteiger partial charge in [0, 0.05) is 11.3 Å². The maximum atomic E-state index is 12.5. The third kappa shape index (κ3) is 3.12. The first-order valence-corrected chi connectivity index (χ1v) is 5.18. The molecule has 1 rings (SSSR count). The predicted molar refractivity (Wildman–Crippen MR) is 60.3 cm³/mol. The van der Waals surface area contributed by atoms with Crippen LogP contribution in [0.1, 0.15) is 38.0 Å². The van der Waals surface area contributed by atoms with E-state index in [9.17, 15) is 18.3 Å². The van der Waals surface area contributed by atoms with E-state index in [1.165, 1.54) is 6.07 Å². The first-order valence-electron chi connectivity index (χ1n) is 5.18. The molecule has 1 unspecified atom stereocenters. The Morgan fingerprint density at radius 1 is 1.18 bits per heavy atom. The molecular weight excluding hydrogens is 231 g/mol. The van der Waals surface area contributed by atoms with Crippen LogP contribution >= 0.6 is 0 Å². The molecule has 1 aromatic rings. The molecule has 3 N–H and O–H groups in total. The molecule has 1 aromatic carbocycles. The number of nitrogen functional groups attached to an aromatic ring is 1. The Bertz CT molecular complexity index is 407. The fourth-order valence-corrected chi connectivity index (χ4v) is 1.45. The molecule has 0 aliphatic rings. The van der Waals surface area contributed by atoms with Crippen molar-refractivity contribution in [2.24, 2.45) is 5.41 Å². The molecule has 1 atom stereocenters. The van der Waals surface area contributed by atoms with Gasteiger partial charge < -0.3 is 10.8 Å². The number of alkyl halides is 3. The second-order valence-electron chi connectivity index (χ2n) is 5.11. The summed E-state index contributed by atoms with van der Waals surface area (Å²) >= 11 is 0. The second kappa shape index (κ2) is 4.22. The Morgan fingerprint density at radius 2 is 1.71 bits per heavy atom. The number of hydrogen-bond donors (Lipinski definition) is 2. The van der Waals surface area contributed by atoms with Gasteiger partial charge in [-0.05, 0) is 23.6 Å². The average molecular weight is 247 g/mol. The number of aliphatic hydroxyl groups is 1. The number of benzene rings is 1.